The average Bonchev–Trinajstić information content (AvgIpc) is 3.40. The van der Waals surface area contributed by atoms with E-state index in [-0.39, 0.29) is 23.7 Å². The van der Waals surface area contributed by atoms with Crippen molar-refractivity contribution in [2.45, 2.75) is 69.2 Å². The first-order valence-electron chi connectivity index (χ1n) is 12.7. The Hall–Kier alpha value is -3.50. The quantitative estimate of drug-likeness (QED) is 0.358. The lowest BCUT2D eigenvalue weighted by atomic mass is 9.79. The van der Waals surface area contributed by atoms with E-state index in [4.69, 9.17) is 4.74 Å². The minimum Gasteiger partial charge on any atom is -0.435 e. The van der Waals surface area contributed by atoms with E-state index >= 15 is 4.39 Å². The lowest BCUT2D eigenvalue weighted by Gasteiger charge is -2.32. The largest absolute Gasteiger partial charge is 0.435 e. The van der Waals surface area contributed by atoms with Crippen molar-refractivity contribution in [1.82, 2.24) is 19.4 Å². The summed E-state index contributed by atoms with van der Waals surface area (Å²) >= 11 is 0. The molecule has 0 spiro atoms. The molecule has 0 radical (unpaired) electrons. The molecule has 3 heterocycles. The molecule has 1 saturated carbocycles. The minimum atomic E-state index is -2.99. The summed E-state index contributed by atoms with van der Waals surface area (Å²) in [6.07, 6.45) is 7.01. The number of hydrogen-bond donors (Lipinski definition) is 2. The number of aliphatic hydroxyl groups excluding tert-OH is 1. The van der Waals surface area contributed by atoms with Crippen molar-refractivity contribution in [2.24, 2.45) is 0 Å². The third-order valence-electron chi connectivity index (χ3n) is 7.80. The molecule has 0 unspecified atom stereocenters. The van der Waals surface area contributed by atoms with Crippen LogP contribution in [0.5, 0.6) is 5.75 Å². The van der Waals surface area contributed by atoms with E-state index in [0.29, 0.717) is 46.8 Å². The van der Waals surface area contributed by atoms with Crippen molar-refractivity contribution < 1.29 is 28.1 Å². The number of ether oxygens (including phenoxy) is 1. The summed E-state index contributed by atoms with van der Waals surface area (Å²) in [4.78, 5) is 13.5. The summed E-state index contributed by atoms with van der Waals surface area (Å²) in [6, 6.07) is 7.77. The average molecular weight is 525 g/mol. The Bertz CT molecular complexity index is 1480. The number of para-hydroxylation sites is 1. The van der Waals surface area contributed by atoms with Crippen molar-refractivity contribution in [3.05, 3.63) is 77.5 Å². The molecule has 4 aromatic rings. The van der Waals surface area contributed by atoms with Crippen LogP contribution in [0.2, 0.25) is 0 Å². The normalized spacial score (nSPS) is 25.2. The molecule has 10 heteroatoms. The third-order valence-corrected chi connectivity index (χ3v) is 7.80. The Morgan fingerprint density at radius 2 is 1.84 bits per heavy atom. The van der Waals surface area contributed by atoms with Crippen LogP contribution in [-0.4, -0.2) is 41.8 Å². The summed E-state index contributed by atoms with van der Waals surface area (Å²) < 4.78 is 47.8. The molecular weight excluding hydrogens is 497 g/mol. The van der Waals surface area contributed by atoms with Gasteiger partial charge < -0.3 is 19.4 Å². The van der Waals surface area contributed by atoms with Gasteiger partial charge in [0.2, 0.25) is 0 Å². The summed E-state index contributed by atoms with van der Waals surface area (Å²) in [5.41, 5.74) is 1.88. The molecule has 38 heavy (non-hydrogen) atoms. The van der Waals surface area contributed by atoms with Crippen molar-refractivity contribution in [3.8, 4) is 16.9 Å². The van der Waals surface area contributed by atoms with Gasteiger partial charge in [0.1, 0.15) is 23.0 Å². The number of aromatic nitrogens is 4. The molecule has 2 aliphatic carbocycles. The summed E-state index contributed by atoms with van der Waals surface area (Å²) in [7, 11) is 0. The Kier molecular flexibility index (Phi) is 6.11. The second kappa shape index (κ2) is 9.36. The van der Waals surface area contributed by atoms with Crippen LogP contribution >= 0.6 is 0 Å². The van der Waals surface area contributed by atoms with Gasteiger partial charge in [0.15, 0.2) is 0 Å². The summed E-state index contributed by atoms with van der Waals surface area (Å²) in [5, 5.41) is 20.9. The van der Waals surface area contributed by atoms with E-state index in [0.717, 1.165) is 12.8 Å². The smallest absolute Gasteiger partial charge is 0.387 e. The van der Waals surface area contributed by atoms with E-state index < -0.39 is 30.1 Å². The van der Waals surface area contributed by atoms with Crippen LogP contribution in [0.25, 0.3) is 16.8 Å². The molecule has 7 nitrogen and oxygen atoms in total. The number of fused-ring (bicyclic) bond motifs is 3. The molecule has 2 N–H and O–H groups in total. The van der Waals surface area contributed by atoms with E-state index in [1.54, 1.807) is 41.2 Å². The number of nitrogens with zero attached hydrogens (tertiary/aromatic N) is 4. The van der Waals surface area contributed by atoms with Crippen molar-refractivity contribution in [3.63, 3.8) is 0 Å². The summed E-state index contributed by atoms with van der Waals surface area (Å²) in [5.74, 6) is -0.151. The number of hydrogen-bond acceptors (Lipinski definition) is 6. The first-order valence-corrected chi connectivity index (χ1v) is 12.7. The molecule has 1 aromatic carbocycles. The van der Waals surface area contributed by atoms with E-state index in [9.17, 15) is 19.0 Å². The van der Waals surface area contributed by atoms with Crippen LogP contribution < -0.4 is 4.74 Å². The zero-order chi connectivity index (χ0) is 26.6. The molecule has 0 saturated heterocycles. The van der Waals surface area contributed by atoms with Gasteiger partial charge in [-0.25, -0.2) is 19.3 Å². The van der Waals surface area contributed by atoms with Gasteiger partial charge in [-0.15, -0.1) is 0 Å². The molecule has 0 bridgehead atoms. The van der Waals surface area contributed by atoms with Crippen molar-refractivity contribution >= 4 is 5.65 Å². The first kappa shape index (κ1) is 24.8. The van der Waals surface area contributed by atoms with Crippen LogP contribution in [0, 0.1) is 5.82 Å². The number of rotatable bonds is 5. The fraction of sp³-hybridized carbons (Fsp3) is 0.393. The minimum absolute atomic E-state index is 0.0260. The highest BCUT2D eigenvalue weighted by molar-refractivity contribution is 5.65. The maximum Gasteiger partial charge on any atom is 0.387 e. The number of aliphatic hydroxyl groups is 2. The van der Waals surface area contributed by atoms with Gasteiger partial charge in [0.05, 0.1) is 23.1 Å². The van der Waals surface area contributed by atoms with Crippen molar-refractivity contribution in [2.75, 3.05) is 0 Å². The fourth-order valence-corrected chi connectivity index (χ4v) is 5.78. The molecule has 198 valence electrons. The zero-order valence-electron chi connectivity index (χ0n) is 20.7. The Morgan fingerprint density at radius 1 is 1.13 bits per heavy atom. The van der Waals surface area contributed by atoms with E-state index in [1.165, 1.54) is 12.1 Å². The number of halogens is 3. The number of imidazole rings is 1. The molecule has 6 rings (SSSR count). The van der Waals surface area contributed by atoms with Crippen LogP contribution in [-0.2, 0) is 0 Å². The van der Waals surface area contributed by atoms with Gasteiger partial charge in [0, 0.05) is 53.2 Å². The van der Waals surface area contributed by atoms with Gasteiger partial charge in [-0.2, -0.15) is 8.78 Å². The maximum absolute atomic E-state index is 15.2. The fourth-order valence-electron chi connectivity index (χ4n) is 5.78. The first-order chi connectivity index (χ1) is 18.2. The predicted molar refractivity (Wildman–Crippen MR) is 133 cm³/mol. The van der Waals surface area contributed by atoms with Crippen LogP contribution in [0.4, 0.5) is 13.2 Å². The van der Waals surface area contributed by atoms with Gasteiger partial charge in [0.25, 0.3) is 0 Å². The lowest BCUT2D eigenvalue weighted by Crippen LogP contribution is -2.30. The molecular formula is C28H27F3N4O3. The van der Waals surface area contributed by atoms with Gasteiger partial charge in [-0.1, -0.05) is 18.2 Å². The highest BCUT2D eigenvalue weighted by Crippen LogP contribution is 2.47. The monoisotopic (exact) mass is 524 g/mol. The Labute approximate surface area is 217 Å². The second-order valence-corrected chi connectivity index (χ2v) is 10.5. The topological polar surface area (TPSA) is 92.8 Å². The van der Waals surface area contributed by atoms with Crippen LogP contribution in [0.1, 0.15) is 79.7 Å². The van der Waals surface area contributed by atoms with E-state index in [2.05, 4.69) is 15.0 Å². The molecule has 0 aliphatic heterocycles. The molecule has 0 amide bonds. The van der Waals surface area contributed by atoms with Crippen LogP contribution in [0.15, 0.2) is 48.9 Å². The second-order valence-electron chi connectivity index (χ2n) is 10.5. The van der Waals surface area contributed by atoms with E-state index in [1.807, 2.05) is 6.92 Å². The number of alkyl halides is 2. The zero-order valence-corrected chi connectivity index (χ0v) is 20.7. The molecule has 1 fully saturated rings. The lowest BCUT2D eigenvalue weighted by molar-refractivity contribution is -0.0506. The number of pyridine rings is 1. The van der Waals surface area contributed by atoms with Gasteiger partial charge >= 0.3 is 6.61 Å². The number of benzene rings is 1. The predicted octanol–water partition coefficient (Wildman–Crippen LogP) is 5.51. The highest BCUT2D eigenvalue weighted by Gasteiger charge is 2.38. The standard InChI is InChI=1S/C28H27F3N4O3/c1-28(37)8-6-15(7-9-28)26-32-12-16(13-33-26)19-14-35-23(11-20(19)29)34-24-21(36)10-18(25(24)35)17-4-2-3-5-22(17)38-27(30)31/h2-5,11-15,18,21,27,36-37H,6-10H2,1H3/t15?,18-,21-,28?/m1/s1. The third kappa shape index (κ3) is 4.41. The SMILES string of the molecule is CC1(O)CCC(c2ncc(-c3cn4c5c(nc4cc3F)[C@H](O)C[C@@H]5c3ccccc3OC(F)F)cn2)CC1. The van der Waals surface area contributed by atoms with Crippen molar-refractivity contribution in [1.29, 1.82) is 0 Å². The molecule has 3 aromatic heterocycles. The molecule has 2 atom stereocenters. The van der Waals surface area contributed by atoms with Gasteiger partial charge in [-0.3, -0.25) is 0 Å². The van der Waals surface area contributed by atoms with Crippen LogP contribution in [0.3, 0.4) is 0 Å². The Morgan fingerprint density at radius 3 is 2.55 bits per heavy atom. The Balaban J connectivity index is 1.37. The highest BCUT2D eigenvalue weighted by atomic mass is 19.3. The maximum atomic E-state index is 15.2. The van der Waals surface area contributed by atoms with Gasteiger partial charge in [-0.05, 0) is 45.1 Å². The molecule has 2 aliphatic rings. The summed E-state index contributed by atoms with van der Waals surface area (Å²) in [6.45, 7) is -1.15.